The van der Waals surface area contributed by atoms with Crippen molar-refractivity contribution in [2.24, 2.45) is 4.99 Å². The summed E-state index contributed by atoms with van der Waals surface area (Å²) < 4.78 is 16.1. The van der Waals surface area contributed by atoms with Gasteiger partial charge in [-0.1, -0.05) is 13.3 Å². The van der Waals surface area contributed by atoms with Gasteiger partial charge in [0.2, 0.25) is 5.91 Å². The Morgan fingerprint density at radius 1 is 1.28 bits per heavy atom. The fourth-order valence-corrected chi connectivity index (χ4v) is 4.38. The van der Waals surface area contributed by atoms with Crippen molar-refractivity contribution < 1.29 is 9.18 Å². The molecule has 4 heterocycles. The molecule has 1 aromatic carbocycles. The SMILES string of the molecule is C=N/C(C)=C\N(C)c1ccnc2nc(-c3n[nH]c4ccc(-c5cncc(NC(=O)CCCC)c5)c(F)c34)[nH]c12. The average Bonchev–Trinajstić information content (AvgIpc) is 3.56. The molecule has 5 aromatic rings. The van der Waals surface area contributed by atoms with Gasteiger partial charge in [0.1, 0.15) is 17.0 Å². The van der Waals surface area contributed by atoms with Gasteiger partial charge in [0.25, 0.3) is 0 Å². The number of aliphatic imine (C=N–C) groups is 1. The standard InChI is InChI=1S/C28H28FN9O/c1-5-6-7-22(39)33-18-12-17(13-31-14-18)19-8-9-20-23(24(19)29)26(37-36-20)28-34-25-21(10-11-32-27(25)35-28)38(4)15-16(2)30-3/h8-15H,3,5-7H2,1-2,4H3,(H,33,39)(H,36,37)(H,32,34,35)/b16-15-. The van der Waals surface area contributed by atoms with E-state index in [1.54, 1.807) is 36.8 Å². The number of hydrogen-bond acceptors (Lipinski definition) is 7. The first-order valence-corrected chi connectivity index (χ1v) is 12.5. The first-order chi connectivity index (χ1) is 18.9. The molecular weight excluding hydrogens is 497 g/mol. The zero-order valence-electron chi connectivity index (χ0n) is 21.9. The molecule has 0 aliphatic rings. The molecule has 0 saturated heterocycles. The highest BCUT2D eigenvalue weighted by Gasteiger charge is 2.21. The molecule has 0 spiro atoms. The summed E-state index contributed by atoms with van der Waals surface area (Å²) in [5.41, 5.74) is 4.91. The number of H-pyrrole nitrogens is 2. The number of amides is 1. The van der Waals surface area contributed by atoms with Crippen LogP contribution >= 0.6 is 0 Å². The molecule has 0 aliphatic heterocycles. The summed E-state index contributed by atoms with van der Waals surface area (Å²) in [7, 11) is 1.88. The molecule has 3 N–H and O–H groups in total. The number of allylic oxidation sites excluding steroid dienone is 1. The molecule has 0 unspecified atom stereocenters. The van der Waals surface area contributed by atoms with Crippen LogP contribution in [0, 0.1) is 5.82 Å². The van der Waals surface area contributed by atoms with Crippen molar-refractivity contribution in [2.45, 2.75) is 33.1 Å². The number of carbonyl (C=O) groups is 1. The number of anilines is 2. The summed E-state index contributed by atoms with van der Waals surface area (Å²) in [6, 6.07) is 6.98. The van der Waals surface area contributed by atoms with Gasteiger partial charge in [0.05, 0.1) is 34.2 Å². The van der Waals surface area contributed by atoms with E-state index in [2.05, 4.69) is 47.2 Å². The van der Waals surface area contributed by atoms with Crippen LogP contribution in [-0.2, 0) is 4.79 Å². The van der Waals surface area contributed by atoms with E-state index in [1.165, 1.54) is 0 Å². The van der Waals surface area contributed by atoms with Gasteiger partial charge in [0, 0.05) is 43.2 Å². The van der Waals surface area contributed by atoms with Gasteiger partial charge in [0.15, 0.2) is 11.5 Å². The van der Waals surface area contributed by atoms with Crippen LogP contribution in [0.15, 0.2) is 59.7 Å². The Morgan fingerprint density at radius 3 is 2.92 bits per heavy atom. The van der Waals surface area contributed by atoms with Crippen molar-refractivity contribution in [3.63, 3.8) is 0 Å². The third-order valence-electron chi connectivity index (χ3n) is 6.36. The van der Waals surface area contributed by atoms with Crippen molar-refractivity contribution in [3.8, 4) is 22.6 Å². The lowest BCUT2D eigenvalue weighted by molar-refractivity contribution is -0.116. The van der Waals surface area contributed by atoms with Gasteiger partial charge in [-0.3, -0.25) is 19.9 Å². The fraction of sp³-hybridized carbons (Fsp3) is 0.214. The minimum atomic E-state index is -0.478. The Morgan fingerprint density at radius 2 is 2.13 bits per heavy atom. The molecule has 5 rings (SSSR count). The van der Waals surface area contributed by atoms with E-state index in [4.69, 9.17) is 0 Å². The number of hydrogen-bond donors (Lipinski definition) is 3. The van der Waals surface area contributed by atoms with Crippen molar-refractivity contribution in [1.82, 2.24) is 30.1 Å². The topological polar surface area (TPSA) is 128 Å². The van der Waals surface area contributed by atoms with E-state index < -0.39 is 5.82 Å². The molecule has 0 radical (unpaired) electrons. The highest BCUT2D eigenvalue weighted by Crippen LogP contribution is 2.35. The van der Waals surface area contributed by atoms with E-state index in [0.29, 0.717) is 51.4 Å². The number of aromatic amines is 2. The smallest absolute Gasteiger partial charge is 0.224 e. The highest BCUT2D eigenvalue weighted by molar-refractivity contribution is 5.98. The van der Waals surface area contributed by atoms with E-state index in [0.717, 1.165) is 24.2 Å². The quantitative estimate of drug-likeness (QED) is 0.208. The molecule has 0 saturated carbocycles. The van der Waals surface area contributed by atoms with Gasteiger partial charge in [-0.25, -0.2) is 14.4 Å². The number of halogens is 1. The molecular formula is C28H28FN9O. The van der Waals surface area contributed by atoms with Gasteiger partial charge in [-0.2, -0.15) is 5.10 Å². The number of benzene rings is 1. The minimum Gasteiger partial charge on any atom is -0.347 e. The van der Waals surface area contributed by atoms with Crippen LogP contribution in [0.3, 0.4) is 0 Å². The predicted molar refractivity (Wildman–Crippen MR) is 152 cm³/mol. The molecule has 10 nitrogen and oxygen atoms in total. The molecule has 39 heavy (non-hydrogen) atoms. The van der Waals surface area contributed by atoms with Crippen LogP contribution in [-0.4, -0.2) is 49.8 Å². The molecule has 0 fully saturated rings. The summed E-state index contributed by atoms with van der Waals surface area (Å²) in [4.78, 5) is 34.5. The van der Waals surface area contributed by atoms with Crippen LogP contribution in [0.1, 0.15) is 33.1 Å². The maximum Gasteiger partial charge on any atom is 0.224 e. The second kappa shape index (κ2) is 10.8. The second-order valence-electron chi connectivity index (χ2n) is 9.19. The lowest BCUT2D eigenvalue weighted by atomic mass is 10.0. The third kappa shape index (κ3) is 5.11. The number of unbranched alkanes of at least 4 members (excludes halogenated alkanes) is 1. The molecule has 0 bridgehead atoms. The monoisotopic (exact) mass is 525 g/mol. The van der Waals surface area contributed by atoms with Crippen LogP contribution in [0.5, 0.6) is 0 Å². The number of fused-ring (bicyclic) bond motifs is 2. The van der Waals surface area contributed by atoms with Crippen LogP contribution < -0.4 is 10.2 Å². The molecule has 198 valence electrons. The van der Waals surface area contributed by atoms with Crippen LogP contribution in [0.4, 0.5) is 15.8 Å². The number of imidazole rings is 1. The van der Waals surface area contributed by atoms with E-state index in [9.17, 15) is 4.79 Å². The molecule has 0 atom stereocenters. The number of pyridine rings is 2. The zero-order chi connectivity index (χ0) is 27.5. The lowest BCUT2D eigenvalue weighted by Crippen LogP contribution is -2.11. The van der Waals surface area contributed by atoms with Crippen molar-refractivity contribution in [1.29, 1.82) is 0 Å². The molecule has 0 aliphatic carbocycles. The van der Waals surface area contributed by atoms with Crippen LogP contribution in [0.25, 0.3) is 44.7 Å². The third-order valence-corrected chi connectivity index (χ3v) is 6.36. The number of nitrogens with zero attached hydrogens (tertiary/aromatic N) is 6. The van der Waals surface area contributed by atoms with E-state index >= 15 is 4.39 Å². The van der Waals surface area contributed by atoms with Crippen molar-refractivity contribution in [3.05, 3.63) is 60.6 Å². The van der Waals surface area contributed by atoms with Gasteiger partial charge in [-0.05, 0) is 44.3 Å². The second-order valence-corrected chi connectivity index (χ2v) is 9.19. The Labute approximate surface area is 224 Å². The Balaban J connectivity index is 1.55. The number of nitrogens with one attached hydrogen (secondary N) is 3. The summed E-state index contributed by atoms with van der Waals surface area (Å²) in [5.74, 6) is -0.203. The van der Waals surface area contributed by atoms with E-state index in [1.807, 2.05) is 38.1 Å². The maximum atomic E-state index is 16.1. The average molecular weight is 526 g/mol. The Hall–Kier alpha value is -4.93. The summed E-state index contributed by atoms with van der Waals surface area (Å²) in [6.45, 7) is 7.43. The summed E-state index contributed by atoms with van der Waals surface area (Å²) in [5, 5.41) is 10.4. The summed E-state index contributed by atoms with van der Waals surface area (Å²) in [6.07, 6.45) is 8.75. The molecule has 4 aromatic heterocycles. The number of rotatable bonds is 9. The maximum absolute atomic E-state index is 16.1. The number of carbonyl (C=O) groups excluding carboxylic acids is 1. The van der Waals surface area contributed by atoms with Crippen molar-refractivity contribution >= 4 is 46.1 Å². The highest BCUT2D eigenvalue weighted by atomic mass is 19.1. The Bertz CT molecular complexity index is 1720. The first kappa shape index (κ1) is 25.7. The van der Waals surface area contributed by atoms with Gasteiger partial charge in [-0.15, -0.1) is 0 Å². The molecule has 11 heteroatoms. The zero-order valence-corrected chi connectivity index (χ0v) is 21.9. The summed E-state index contributed by atoms with van der Waals surface area (Å²) >= 11 is 0. The normalized spacial score (nSPS) is 11.7. The first-order valence-electron chi connectivity index (χ1n) is 12.5. The van der Waals surface area contributed by atoms with Gasteiger partial charge >= 0.3 is 0 Å². The largest absolute Gasteiger partial charge is 0.347 e. The van der Waals surface area contributed by atoms with Crippen molar-refractivity contribution in [2.75, 3.05) is 17.3 Å². The van der Waals surface area contributed by atoms with E-state index in [-0.39, 0.29) is 11.3 Å². The van der Waals surface area contributed by atoms with Gasteiger partial charge < -0.3 is 15.2 Å². The minimum absolute atomic E-state index is 0.0984. The number of aromatic nitrogens is 6. The Kier molecular flexibility index (Phi) is 7.13. The molecule has 1 amide bonds. The van der Waals surface area contributed by atoms with Crippen LogP contribution in [0.2, 0.25) is 0 Å². The predicted octanol–water partition coefficient (Wildman–Crippen LogP) is 5.83. The fourth-order valence-electron chi connectivity index (χ4n) is 4.38. The lowest BCUT2D eigenvalue weighted by Gasteiger charge is -2.15.